The van der Waals surface area contributed by atoms with E-state index in [1.165, 1.54) is 0 Å². The smallest absolute Gasteiger partial charge is 0.191 e. The lowest BCUT2D eigenvalue weighted by molar-refractivity contribution is 0.0428. The first-order valence-electron chi connectivity index (χ1n) is 9.24. The number of hydrogen-bond acceptors (Lipinski definition) is 4. The second-order valence-electron chi connectivity index (χ2n) is 7.23. The predicted molar refractivity (Wildman–Crippen MR) is 104 cm³/mol. The maximum Gasteiger partial charge on any atom is 0.191 e. The van der Waals surface area contributed by atoms with Crippen molar-refractivity contribution in [2.75, 3.05) is 26.2 Å². The van der Waals surface area contributed by atoms with Crippen molar-refractivity contribution in [2.24, 2.45) is 4.99 Å². The normalized spacial score (nSPS) is 15.1. The number of rotatable bonds is 9. The lowest BCUT2D eigenvalue weighted by atomic mass is 10.0. The van der Waals surface area contributed by atoms with E-state index in [-0.39, 0.29) is 6.54 Å². The minimum atomic E-state index is -1.13. The molecule has 25 heavy (non-hydrogen) atoms. The summed E-state index contributed by atoms with van der Waals surface area (Å²) in [6.07, 6.45) is 0. The van der Waals surface area contributed by atoms with Crippen LogP contribution in [-0.4, -0.2) is 54.2 Å². The van der Waals surface area contributed by atoms with E-state index in [1.807, 2.05) is 19.9 Å². The van der Waals surface area contributed by atoms with E-state index < -0.39 is 5.60 Å². The summed E-state index contributed by atoms with van der Waals surface area (Å²) in [5, 5.41) is 17.2. The molecule has 0 amide bonds. The van der Waals surface area contributed by atoms with Crippen molar-refractivity contribution in [3.63, 3.8) is 0 Å². The van der Waals surface area contributed by atoms with Gasteiger partial charge in [0.25, 0.3) is 0 Å². The average Bonchev–Trinajstić information content (AvgIpc) is 2.95. The van der Waals surface area contributed by atoms with Crippen LogP contribution in [0.15, 0.2) is 21.5 Å². The monoisotopic (exact) mass is 352 g/mol. The fourth-order valence-corrected chi connectivity index (χ4v) is 2.79. The Kier molecular flexibility index (Phi) is 8.45. The molecule has 1 aromatic rings. The van der Waals surface area contributed by atoms with Crippen LogP contribution in [0.25, 0.3) is 0 Å². The molecule has 0 spiro atoms. The third-order valence-electron chi connectivity index (χ3n) is 4.15. The number of aliphatic imine (C=N–C) groups is 1. The molecular weight excluding hydrogens is 316 g/mol. The van der Waals surface area contributed by atoms with Crippen molar-refractivity contribution in [1.29, 1.82) is 0 Å². The maximum atomic E-state index is 10.6. The van der Waals surface area contributed by atoms with E-state index >= 15 is 0 Å². The molecule has 1 atom stereocenters. The summed E-state index contributed by atoms with van der Waals surface area (Å²) in [5.41, 5.74) is -1.13. The lowest BCUT2D eigenvalue weighted by Gasteiger charge is -2.30. The SMILES string of the molecule is CCNC(=NCC(C)(O)c1ccc(C)o1)NCCN(C(C)C)C(C)C. The molecule has 6 nitrogen and oxygen atoms in total. The number of nitrogens with one attached hydrogen (secondary N) is 2. The summed E-state index contributed by atoms with van der Waals surface area (Å²) in [4.78, 5) is 6.95. The zero-order chi connectivity index (χ0) is 19.0. The molecule has 1 heterocycles. The highest BCUT2D eigenvalue weighted by Crippen LogP contribution is 2.22. The van der Waals surface area contributed by atoms with E-state index in [1.54, 1.807) is 13.0 Å². The Balaban J connectivity index is 2.64. The number of hydrogen-bond donors (Lipinski definition) is 3. The fourth-order valence-electron chi connectivity index (χ4n) is 2.79. The highest BCUT2D eigenvalue weighted by atomic mass is 16.4. The lowest BCUT2D eigenvalue weighted by Crippen LogP contribution is -2.45. The quantitative estimate of drug-likeness (QED) is 0.470. The van der Waals surface area contributed by atoms with E-state index in [2.05, 4.69) is 48.2 Å². The van der Waals surface area contributed by atoms with Gasteiger partial charge in [0.05, 0.1) is 6.54 Å². The van der Waals surface area contributed by atoms with Gasteiger partial charge in [0, 0.05) is 31.7 Å². The molecule has 144 valence electrons. The summed E-state index contributed by atoms with van der Waals surface area (Å²) in [6, 6.07) is 4.66. The first kappa shape index (κ1) is 21.5. The summed E-state index contributed by atoms with van der Waals surface area (Å²) < 4.78 is 5.54. The van der Waals surface area contributed by atoms with E-state index in [0.29, 0.717) is 23.8 Å². The van der Waals surface area contributed by atoms with Crippen molar-refractivity contribution in [3.05, 3.63) is 23.7 Å². The molecule has 0 saturated heterocycles. The Hall–Kier alpha value is -1.53. The van der Waals surface area contributed by atoms with Crippen molar-refractivity contribution >= 4 is 5.96 Å². The van der Waals surface area contributed by atoms with Gasteiger partial charge in [-0.1, -0.05) is 0 Å². The van der Waals surface area contributed by atoms with E-state index in [4.69, 9.17) is 4.42 Å². The first-order chi connectivity index (χ1) is 11.7. The van der Waals surface area contributed by atoms with Gasteiger partial charge in [0.1, 0.15) is 17.1 Å². The predicted octanol–water partition coefficient (Wildman–Crippen LogP) is 2.47. The maximum absolute atomic E-state index is 10.6. The van der Waals surface area contributed by atoms with Gasteiger partial charge < -0.3 is 20.2 Å². The van der Waals surface area contributed by atoms with Crippen LogP contribution in [0.4, 0.5) is 0 Å². The van der Waals surface area contributed by atoms with Crippen molar-refractivity contribution in [1.82, 2.24) is 15.5 Å². The molecule has 0 saturated carbocycles. The van der Waals surface area contributed by atoms with E-state index in [9.17, 15) is 5.11 Å². The number of furan rings is 1. The molecule has 0 aliphatic carbocycles. The molecule has 0 aliphatic heterocycles. The van der Waals surface area contributed by atoms with Gasteiger partial charge in [0.15, 0.2) is 5.96 Å². The van der Waals surface area contributed by atoms with Gasteiger partial charge in [-0.05, 0) is 60.6 Å². The van der Waals surface area contributed by atoms with Crippen LogP contribution < -0.4 is 10.6 Å². The Morgan fingerprint density at radius 3 is 2.36 bits per heavy atom. The van der Waals surface area contributed by atoms with Gasteiger partial charge in [0.2, 0.25) is 0 Å². The Bertz CT molecular complexity index is 527. The Morgan fingerprint density at radius 2 is 1.88 bits per heavy atom. The highest BCUT2D eigenvalue weighted by Gasteiger charge is 2.26. The molecular formula is C19H36N4O2. The largest absolute Gasteiger partial charge is 0.463 e. The molecule has 0 aliphatic rings. The summed E-state index contributed by atoms with van der Waals surface area (Å²) in [5.74, 6) is 2.03. The van der Waals surface area contributed by atoms with Crippen molar-refractivity contribution < 1.29 is 9.52 Å². The first-order valence-corrected chi connectivity index (χ1v) is 9.24. The minimum absolute atomic E-state index is 0.230. The number of guanidine groups is 1. The minimum Gasteiger partial charge on any atom is -0.463 e. The third kappa shape index (κ3) is 7.08. The standard InChI is InChI=1S/C19H36N4O2/c1-8-20-18(21-11-12-23(14(2)3)15(4)5)22-13-19(7,24)17-10-9-16(6)25-17/h9-10,14-15,24H,8,11-13H2,1-7H3,(H2,20,21,22). The molecule has 1 aromatic heterocycles. The second kappa shape index (κ2) is 9.82. The number of nitrogens with zero attached hydrogens (tertiary/aromatic N) is 2. The Morgan fingerprint density at radius 1 is 1.24 bits per heavy atom. The van der Waals surface area contributed by atoms with Gasteiger partial charge in [-0.2, -0.15) is 0 Å². The highest BCUT2D eigenvalue weighted by molar-refractivity contribution is 5.79. The second-order valence-corrected chi connectivity index (χ2v) is 7.23. The van der Waals surface area contributed by atoms with Crippen LogP contribution in [0.2, 0.25) is 0 Å². The van der Waals surface area contributed by atoms with Gasteiger partial charge in [-0.25, -0.2) is 4.99 Å². The zero-order valence-electron chi connectivity index (χ0n) is 16.9. The van der Waals surface area contributed by atoms with Crippen LogP contribution in [-0.2, 0) is 5.60 Å². The summed E-state index contributed by atoms with van der Waals surface area (Å²) >= 11 is 0. The zero-order valence-corrected chi connectivity index (χ0v) is 16.9. The topological polar surface area (TPSA) is 73.0 Å². The molecule has 0 radical (unpaired) electrons. The Labute approximate surface area is 152 Å². The average molecular weight is 353 g/mol. The van der Waals surface area contributed by atoms with Crippen LogP contribution in [0.1, 0.15) is 53.1 Å². The summed E-state index contributed by atoms with van der Waals surface area (Å²) in [7, 11) is 0. The molecule has 0 bridgehead atoms. The van der Waals surface area contributed by atoms with E-state index in [0.717, 1.165) is 25.4 Å². The molecule has 3 N–H and O–H groups in total. The van der Waals surface area contributed by atoms with Gasteiger partial charge in [-0.15, -0.1) is 0 Å². The number of aryl methyl sites for hydroxylation is 1. The van der Waals surface area contributed by atoms with Crippen LogP contribution >= 0.6 is 0 Å². The van der Waals surface area contributed by atoms with Gasteiger partial charge >= 0.3 is 0 Å². The van der Waals surface area contributed by atoms with Crippen molar-refractivity contribution in [3.8, 4) is 0 Å². The molecule has 0 fully saturated rings. The van der Waals surface area contributed by atoms with Crippen LogP contribution in [0, 0.1) is 6.92 Å². The van der Waals surface area contributed by atoms with Crippen LogP contribution in [0.3, 0.4) is 0 Å². The summed E-state index contributed by atoms with van der Waals surface area (Å²) in [6.45, 7) is 17.2. The third-order valence-corrected chi connectivity index (χ3v) is 4.15. The molecule has 6 heteroatoms. The molecule has 1 rings (SSSR count). The molecule has 1 unspecified atom stereocenters. The van der Waals surface area contributed by atoms with Gasteiger partial charge in [-0.3, -0.25) is 4.90 Å². The van der Waals surface area contributed by atoms with Crippen molar-refractivity contribution in [2.45, 2.75) is 66.2 Å². The fraction of sp³-hybridized carbons (Fsp3) is 0.737. The molecule has 0 aromatic carbocycles. The number of aliphatic hydroxyl groups is 1. The van der Waals surface area contributed by atoms with Crippen LogP contribution in [0.5, 0.6) is 0 Å².